The van der Waals surface area contributed by atoms with Gasteiger partial charge in [0.25, 0.3) is 0 Å². The first kappa shape index (κ1) is 11.8. The molecule has 10 heavy (non-hydrogen) atoms. The molecule has 0 spiro atoms. The molecule has 0 bridgehead atoms. The van der Waals surface area contributed by atoms with Gasteiger partial charge in [-0.15, -0.1) is 0 Å². The second-order valence-electron chi connectivity index (χ2n) is 1.11. The van der Waals surface area contributed by atoms with E-state index in [1.165, 1.54) is 6.08 Å². The molecule has 0 aromatic heterocycles. The largest absolute Gasteiger partial charge is 0.394 e. The molecule has 0 saturated carbocycles. The molecule has 0 radical (unpaired) electrons. The van der Waals surface area contributed by atoms with Crippen molar-refractivity contribution >= 4 is 16.2 Å². The zero-order valence-electron chi connectivity index (χ0n) is 4.98. The zero-order chi connectivity index (χ0) is 8.78. The summed E-state index contributed by atoms with van der Waals surface area (Å²) in [6, 6.07) is 0. The monoisotopic (exact) mass is 168 g/mol. The van der Waals surface area contributed by atoms with Gasteiger partial charge in [0.2, 0.25) is 0 Å². The van der Waals surface area contributed by atoms with E-state index in [-0.39, 0.29) is 5.84 Å². The maximum absolute atomic E-state index is 8.74. The van der Waals surface area contributed by atoms with Crippen molar-refractivity contribution < 1.29 is 17.5 Å². The van der Waals surface area contributed by atoms with E-state index in [1.807, 2.05) is 0 Å². The van der Waals surface area contributed by atoms with Crippen molar-refractivity contribution in [1.82, 2.24) is 0 Å². The van der Waals surface area contributed by atoms with Crippen molar-refractivity contribution in [3.63, 3.8) is 0 Å². The van der Waals surface area contributed by atoms with E-state index in [0.717, 1.165) is 0 Å². The Kier molecular flexibility index (Phi) is 5.81. The molecule has 0 aliphatic rings. The first-order valence-corrected chi connectivity index (χ1v) is 3.33. The lowest BCUT2D eigenvalue weighted by molar-refractivity contribution is 0.381. The number of rotatable bonds is 1. The van der Waals surface area contributed by atoms with Gasteiger partial charge in [-0.1, -0.05) is 6.58 Å². The molecule has 0 heterocycles. The first-order chi connectivity index (χ1) is 4.27. The molecule has 5 N–H and O–H groups in total. The van der Waals surface area contributed by atoms with Crippen LogP contribution in [0.4, 0.5) is 0 Å². The van der Waals surface area contributed by atoms with Gasteiger partial charge in [0.15, 0.2) is 0 Å². The molecule has 0 aromatic rings. The van der Waals surface area contributed by atoms with Crippen molar-refractivity contribution in [3.8, 4) is 0 Å². The molecule has 0 amide bonds. The number of hydrogen-bond acceptors (Lipinski definition) is 3. The molecule has 0 rings (SSSR count). The van der Waals surface area contributed by atoms with Crippen molar-refractivity contribution in [2.75, 3.05) is 0 Å². The van der Waals surface area contributed by atoms with Crippen molar-refractivity contribution in [3.05, 3.63) is 12.7 Å². The van der Waals surface area contributed by atoms with E-state index in [4.69, 9.17) is 28.7 Å². The van der Waals surface area contributed by atoms with E-state index in [2.05, 4.69) is 6.58 Å². The summed E-state index contributed by atoms with van der Waals surface area (Å²) in [6.45, 7) is 3.21. The Morgan fingerprint density at radius 3 is 1.70 bits per heavy atom. The van der Waals surface area contributed by atoms with Crippen molar-refractivity contribution in [2.45, 2.75) is 0 Å². The van der Waals surface area contributed by atoms with Crippen LogP contribution in [0.25, 0.3) is 0 Å². The van der Waals surface area contributed by atoms with Crippen LogP contribution in [0.2, 0.25) is 0 Å². The van der Waals surface area contributed by atoms with E-state index in [9.17, 15) is 0 Å². The highest BCUT2D eigenvalue weighted by Gasteiger charge is 1.84. The highest BCUT2D eigenvalue weighted by Crippen LogP contribution is 1.59. The molecule has 0 aliphatic heterocycles. The summed E-state index contributed by atoms with van der Waals surface area (Å²) in [4.78, 5) is 0. The fourth-order valence-corrected chi connectivity index (χ4v) is 0. The van der Waals surface area contributed by atoms with Crippen LogP contribution in [0.3, 0.4) is 0 Å². The Bertz CT molecular complexity index is 199. The van der Waals surface area contributed by atoms with Crippen molar-refractivity contribution in [1.29, 1.82) is 5.41 Å². The first-order valence-electron chi connectivity index (χ1n) is 1.93. The second kappa shape index (κ2) is 4.91. The summed E-state index contributed by atoms with van der Waals surface area (Å²) in [7, 11) is -4.67. The third kappa shape index (κ3) is 224. The number of nitrogens with two attached hydrogens (primary N) is 1. The fraction of sp³-hybridized carbons (Fsp3) is 0. The highest BCUT2D eigenvalue weighted by atomic mass is 32.3. The van der Waals surface area contributed by atoms with Gasteiger partial charge >= 0.3 is 10.4 Å². The van der Waals surface area contributed by atoms with Gasteiger partial charge in [-0.2, -0.15) is 8.42 Å². The third-order valence-electron chi connectivity index (χ3n) is 0.220. The third-order valence-corrected chi connectivity index (χ3v) is 0.220. The summed E-state index contributed by atoms with van der Waals surface area (Å²) in [5, 5.41) is 6.40. The normalized spacial score (nSPS) is 9.00. The van der Waals surface area contributed by atoms with E-state index in [0.29, 0.717) is 0 Å². The summed E-state index contributed by atoms with van der Waals surface area (Å²) in [5.74, 6) is 0.0185. The molecule has 7 heteroatoms. The van der Waals surface area contributed by atoms with Crippen LogP contribution in [-0.4, -0.2) is 23.4 Å². The van der Waals surface area contributed by atoms with Gasteiger partial charge in [0, 0.05) is 0 Å². The van der Waals surface area contributed by atoms with Gasteiger partial charge in [-0.25, -0.2) is 0 Å². The Hall–Kier alpha value is -0.920. The van der Waals surface area contributed by atoms with Gasteiger partial charge in [-0.3, -0.25) is 14.5 Å². The fourth-order valence-electron chi connectivity index (χ4n) is 0. The van der Waals surface area contributed by atoms with Gasteiger partial charge < -0.3 is 5.73 Å². The van der Waals surface area contributed by atoms with Crippen LogP contribution in [0.5, 0.6) is 0 Å². The summed E-state index contributed by atoms with van der Waals surface area (Å²) >= 11 is 0. The van der Waals surface area contributed by atoms with Crippen LogP contribution in [0.1, 0.15) is 0 Å². The Balaban J connectivity index is 0. The lowest BCUT2D eigenvalue weighted by Crippen LogP contribution is -2.02. The molecule has 0 saturated heterocycles. The maximum Gasteiger partial charge on any atom is 0.394 e. The molecular weight excluding hydrogens is 160 g/mol. The van der Waals surface area contributed by atoms with Gasteiger partial charge in [-0.05, 0) is 6.08 Å². The van der Waals surface area contributed by atoms with E-state index >= 15 is 0 Å². The molecular formula is C3H8N2O4S. The number of nitrogens with one attached hydrogen (secondary N) is 1. The number of hydrogen-bond donors (Lipinski definition) is 4. The smallest absolute Gasteiger partial charge is 0.384 e. The van der Waals surface area contributed by atoms with Crippen LogP contribution in [-0.2, 0) is 10.4 Å². The predicted octanol–water partition coefficient (Wildman–Crippen LogP) is -0.544. The summed E-state index contributed by atoms with van der Waals surface area (Å²) in [6.07, 6.45) is 1.28. The average molecular weight is 168 g/mol. The van der Waals surface area contributed by atoms with Crippen LogP contribution in [0, 0.1) is 5.41 Å². The Morgan fingerprint density at radius 2 is 1.70 bits per heavy atom. The summed E-state index contributed by atoms with van der Waals surface area (Å²) < 4.78 is 31.6. The van der Waals surface area contributed by atoms with Crippen LogP contribution in [0.15, 0.2) is 12.7 Å². The highest BCUT2D eigenvalue weighted by molar-refractivity contribution is 7.79. The van der Waals surface area contributed by atoms with Crippen LogP contribution >= 0.6 is 0 Å². The SMILES string of the molecule is C=CC(=N)N.O=S(=O)(O)O. The van der Waals surface area contributed by atoms with Crippen molar-refractivity contribution in [2.24, 2.45) is 5.73 Å². The predicted molar refractivity (Wildman–Crippen MR) is 36.3 cm³/mol. The molecule has 0 fully saturated rings. The minimum absolute atomic E-state index is 0.0185. The lowest BCUT2D eigenvalue weighted by Gasteiger charge is -1.71. The van der Waals surface area contributed by atoms with Crippen LogP contribution < -0.4 is 5.73 Å². The van der Waals surface area contributed by atoms with Gasteiger partial charge in [0.05, 0.1) is 0 Å². The summed E-state index contributed by atoms with van der Waals surface area (Å²) in [5.41, 5.74) is 4.76. The molecule has 6 nitrogen and oxygen atoms in total. The quantitative estimate of drug-likeness (QED) is 0.237. The van der Waals surface area contributed by atoms with E-state index < -0.39 is 10.4 Å². The zero-order valence-corrected chi connectivity index (χ0v) is 5.80. The maximum atomic E-state index is 8.74. The molecule has 60 valence electrons. The molecule has 0 aromatic carbocycles. The molecule has 0 unspecified atom stereocenters. The minimum Gasteiger partial charge on any atom is -0.384 e. The van der Waals surface area contributed by atoms with E-state index in [1.54, 1.807) is 0 Å². The standard InChI is InChI=1S/C3H6N2.H2O4S/c1-2-3(4)5;1-5(2,3)4/h2H,1H2,(H3,4,5);(H2,1,2,3,4). The number of amidine groups is 1. The topological polar surface area (TPSA) is 124 Å². The second-order valence-corrected chi connectivity index (χ2v) is 2.00. The molecule has 0 atom stereocenters. The Morgan fingerprint density at radius 1 is 1.60 bits per heavy atom. The Labute approximate surface area is 58.4 Å². The minimum atomic E-state index is -4.67. The average Bonchev–Trinajstić information content (AvgIpc) is 1.61. The lowest BCUT2D eigenvalue weighted by atomic mass is 10.6. The molecule has 0 aliphatic carbocycles. The van der Waals surface area contributed by atoms with Gasteiger partial charge in [0.1, 0.15) is 5.84 Å².